The van der Waals surface area contributed by atoms with E-state index in [0.717, 1.165) is 93.3 Å². The van der Waals surface area contributed by atoms with Crippen LogP contribution < -0.4 is 20.8 Å². The summed E-state index contributed by atoms with van der Waals surface area (Å²) in [5.74, 6) is 0.737. The van der Waals surface area contributed by atoms with Gasteiger partial charge in [-0.25, -0.2) is 5.43 Å². The molecule has 1 aliphatic carbocycles. The summed E-state index contributed by atoms with van der Waals surface area (Å²) in [6, 6.07) is 15.8. The van der Waals surface area contributed by atoms with E-state index in [2.05, 4.69) is 21.0 Å². The lowest BCUT2D eigenvalue weighted by atomic mass is 9.80. The highest BCUT2D eigenvalue weighted by Crippen LogP contribution is 2.37. The van der Waals surface area contributed by atoms with Crippen molar-refractivity contribution < 1.29 is 14.3 Å². The van der Waals surface area contributed by atoms with Crippen LogP contribution in [0.1, 0.15) is 37.7 Å². The van der Waals surface area contributed by atoms with Crippen LogP contribution in [0, 0.1) is 0 Å². The molecule has 8 nitrogen and oxygen atoms in total. The Bertz CT molecular complexity index is 1130. The first-order chi connectivity index (χ1) is 18.5. The molecule has 1 saturated heterocycles. The van der Waals surface area contributed by atoms with Gasteiger partial charge in [0.25, 0.3) is 0 Å². The number of hydrogen-bond donors (Lipinski definition) is 3. The predicted octanol–water partition coefficient (Wildman–Crippen LogP) is 4.51. The van der Waals surface area contributed by atoms with Gasteiger partial charge in [-0.1, -0.05) is 49.1 Å². The van der Waals surface area contributed by atoms with Gasteiger partial charge in [0.15, 0.2) is 0 Å². The van der Waals surface area contributed by atoms with Crippen LogP contribution in [0.5, 0.6) is 5.75 Å². The number of nitrogens with one attached hydrogen (secondary N) is 3. The number of para-hydroxylation sites is 1. The van der Waals surface area contributed by atoms with E-state index >= 15 is 0 Å². The zero-order valence-electron chi connectivity index (χ0n) is 22.1. The van der Waals surface area contributed by atoms with Crippen molar-refractivity contribution >= 4 is 34.6 Å². The second kappa shape index (κ2) is 12.4. The molecule has 2 aromatic carbocycles. The summed E-state index contributed by atoms with van der Waals surface area (Å²) in [6.07, 6.45) is 4.79. The van der Waals surface area contributed by atoms with Gasteiger partial charge in [-0.3, -0.25) is 9.69 Å². The molecule has 0 atom stereocenters. The maximum absolute atomic E-state index is 13.8. The molecule has 0 bridgehead atoms. The Morgan fingerprint density at radius 2 is 1.84 bits per heavy atom. The van der Waals surface area contributed by atoms with E-state index < -0.39 is 5.54 Å². The Hall–Kier alpha value is -2.78. The molecule has 2 heterocycles. The number of rotatable bonds is 9. The number of halogens is 1. The zero-order chi connectivity index (χ0) is 26.4. The highest BCUT2D eigenvalue weighted by molar-refractivity contribution is 6.33. The Balaban J connectivity index is 1.36. The fourth-order valence-electron chi connectivity index (χ4n) is 5.50. The normalized spacial score (nSPS) is 19.9. The highest BCUT2D eigenvalue weighted by Gasteiger charge is 2.39. The molecule has 2 aliphatic heterocycles. The number of morpholine rings is 1. The number of nitrogens with zero attached hydrogens (tertiary/aromatic N) is 2. The van der Waals surface area contributed by atoms with Crippen molar-refractivity contribution in [2.24, 2.45) is 0 Å². The molecule has 2 fully saturated rings. The molecular weight excluding hydrogens is 502 g/mol. The number of carbonyl (C=O) groups is 1. The van der Waals surface area contributed by atoms with Crippen molar-refractivity contribution in [3.8, 4) is 5.75 Å². The second-order valence-corrected chi connectivity index (χ2v) is 10.7. The molecule has 0 spiro atoms. The predicted molar refractivity (Wildman–Crippen MR) is 152 cm³/mol. The summed E-state index contributed by atoms with van der Waals surface area (Å²) in [5, 5.41) is 9.41. The molecule has 3 N–H and O–H groups in total. The Labute approximate surface area is 230 Å². The third-order valence-corrected chi connectivity index (χ3v) is 7.94. The molecule has 1 saturated carbocycles. The van der Waals surface area contributed by atoms with Crippen molar-refractivity contribution in [1.29, 1.82) is 0 Å². The molecule has 9 heteroatoms. The minimum Gasteiger partial charge on any atom is -0.492 e. The minimum absolute atomic E-state index is 0.00836. The smallest absolute Gasteiger partial charge is 0.250 e. The first-order valence-corrected chi connectivity index (χ1v) is 14.0. The summed E-state index contributed by atoms with van der Waals surface area (Å²) in [6.45, 7) is 5.31. The van der Waals surface area contributed by atoms with Gasteiger partial charge < -0.3 is 25.1 Å². The van der Waals surface area contributed by atoms with E-state index in [1.54, 1.807) is 0 Å². The maximum Gasteiger partial charge on any atom is 0.250 e. The minimum atomic E-state index is -0.643. The van der Waals surface area contributed by atoms with Crippen LogP contribution in [0.2, 0.25) is 0 Å². The number of anilines is 2. The van der Waals surface area contributed by atoms with Crippen LogP contribution in [0.15, 0.2) is 53.6 Å². The van der Waals surface area contributed by atoms with Crippen molar-refractivity contribution in [3.05, 3.63) is 59.1 Å². The molecule has 0 radical (unpaired) electrons. The molecule has 0 aromatic heterocycles. The number of benzene rings is 2. The van der Waals surface area contributed by atoms with Crippen molar-refractivity contribution in [2.75, 3.05) is 63.7 Å². The lowest BCUT2D eigenvalue weighted by Gasteiger charge is -2.37. The van der Waals surface area contributed by atoms with Crippen LogP contribution in [-0.4, -0.2) is 74.4 Å². The summed E-state index contributed by atoms with van der Waals surface area (Å²) in [5.41, 5.74) is 6.01. The fraction of sp³-hybridized carbons (Fsp3) is 0.483. The summed E-state index contributed by atoms with van der Waals surface area (Å²) < 4.78 is 11.7. The van der Waals surface area contributed by atoms with Gasteiger partial charge in [-0.05, 0) is 43.2 Å². The summed E-state index contributed by atoms with van der Waals surface area (Å²) in [7, 11) is 1.94. The van der Waals surface area contributed by atoms with Gasteiger partial charge in [0, 0.05) is 43.6 Å². The van der Waals surface area contributed by atoms with Crippen LogP contribution in [-0.2, 0) is 9.53 Å². The van der Waals surface area contributed by atoms with E-state index in [0.29, 0.717) is 18.2 Å². The van der Waals surface area contributed by atoms with Gasteiger partial charge in [0.1, 0.15) is 17.9 Å². The SMILES string of the molecule is CN1NCC(Cl)=C1c1cc(NC(=O)C2(Nc3ccccc3)CCCCC2)ccc1OCCN1CCOCC1. The van der Waals surface area contributed by atoms with Gasteiger partial charge >= 0.3 is 0 Å². The molecule has 5 rings (SSSR count). The standard InChI is InChI=1S/C29H38ClN5O3/c1-34-27(25(30)21-31-34)24-20-23(10-11-26(24)38-19-16-35-14-17-37-18-15-35)32-28(36)29(12-6-3-7-13-29)33-22-8-4-2-5-9-22/h2,4-5,8-11,20,31,33H,3,6-7,12-19,21H2,1H3,(H,32,36). The van der Waals surface area contributed by atoms with Crippen molar-refractivity contribution in [3.63, 3.8) is 0 Å². The van der Waals surface area contributed by atoms with Gasteiger partial charge in [0.05, 0.1) is 30.5 Å². The second-order valence-electron chi connectivity index (χ2n) is 10.2. The molecule has 2 aromatic rings. The first-order valence-electron chi connectivity index (χ1n) is 13.6. The van der Waals surface area contributed by atoms with Crippen LogP contribution in [0.25, 0.3) is 5.70 Å². The summed E-state index contributed by atoms with van der Waals surface area (Å²) >= 11 is 6.63. The van der Waals surface area contributed by atoms with Gasteiger partial charge in [0.2, 0.25) is 5.91 Å². The Morgan fingerprint density at radius 1 is 1.08 bits per heavy atom. The third kappa shape index (κ3) is 6.26. The molecule has 1 amide bonds. The van der Waals surface area contributed by atoms with E-state index in [1.165, 1.54) is 0 Å². The van der Waals surface area contributed by atoms with Crippen LogP contribution >= 0.6 is 11.6 Å². The third-order valence-electron chi connectivity index (χ3n) is 7.62. The maximum atomic E-state index is 13.8. The number of carbonyl (C=O) groups excluding carboxylic acids is 1. The van der Waals surface area contributed by atoms with Crippen molar-refractivity contribution in [1.82, 2.24) is 15.3 Å². The highest BCUT2D eigenvalue weighted by atomic mass is 35.5. The van der Waals surface area contributed by atoms with E-state index in [9.17, 15) is 4.79 Å². The molecule has 3 aliphatic rings. The van der Waals surface area contributed by atoms with Gasteiger partial charge in [-0.2, -0.15) is 0 Å². The van der Waals surface area contributed by atoms with E-state index in [4.69, 9.17) is 21.1 Å². The van der Waals surface area contributed by atoms with Crippen molar-refractivity contribution in [2.45, 2.75) is 37.6 Å². The monoisotopic (exact) mass is 539 g/mol. The number of ether oxygens (including phenoxy) is 2. The average Bonchev–Trinajstić information content (AvgIpc) is 3.28. The average molecular weight is 540 g/mol. The van der Waals surface area contributed by atoms with Crippen LogP contribution in [0.3, 0.4) is 0 Å². The lowest BCUT2D eigenvalue weighted by Crippen LogP contribution is -2.51. The van der Waals surface area contributed by atoms with E-state index in [1.807, 2.05) is 60.6 Å². The molecular formula is C29H38ClN5O3. The Kier molecular flexibility index (Phi) is 8.74. The molecule has 204 valence electrons. The fourth-order valence-corrected chi connectivity index (χ4v) is 5.79. The molecule has 38 heavy (non-hydrogen) atoms. The topological polar surface area (TPSA) is 78.1 Å². The number of hydrogen-bond acceptors (Lipinski definition) is 7. The first kappa shape index (κ1) is 26.8. The zero-order valence-corrected chi connectivity index (χ0v) is 22.9. The number of amides is 1. The largest absolute Gasteiger partial charge is 0.492 e. The quantitative estimate of drug-likeness (QED) is 0.433. The lowest BCUT2D eigenvalue weighted by molar-refractivity contribution is -0.121. The van der Waals surface area contributed by atoms with E-state index in [-0.39, 0.29) is 5.91 Å². The number of hydrazine groups is 1. The Morgan fingerprint density at radius 3 is 2.55 bits per heavy atom. The summed E-state index contributed by atoms with van der Waals surface area (Å²) in [4.78, 5) is 16.1. The van der Waals surface area contributed by atoms with Gasteiger partial charge in [-0.15, -0.1) is 0 Å². The van der Waals surface area contributed by atoms with Crippen LogP contribution in [0.4, 0.5) is 11.4 Å². The molecule has 0 unspecified atom stereocenters.